The second-order valence-corrected chi connectivity index (χ2v) is 7.30. The summed E-state index contributed by atoms with van der Waals surface area (Å²) < 4.78 is 5.95. The van der Waals surface area contributed by atoms with Crippen molar-refractivity contribution in [3.63, 3.8) is 0 Å². The van der Waals surface area contributed by atoms with Gasteiger partial charge in [-0.2, -0.15) is 0 Å². The Morgan fingerprint density at radius 1 is 1.35 bits per heavy atom. The molecule has 1 aromatic rings. The van der Waals surface area contributed by atoms with E-state index in [1.807, 2.05) is 58.9 Å². The van der Waals surface area contributed by atoms with Crippen molar-refractivity contribution >= 4 is 0 Å². The van der Waals surface area contributed by atoms with E-state index in [9.17, 15) is 10.2 Å². The molecule has 0 spiro atoms. The lowest BCUT2D eigenvalue weighted by molar-refractivity contribution is -0.170. The van der Waals surface area contributed by atoms with Gasteiger partial charge in [-0.15, -0.1) is 0 Å². The maximum absolute atomic E-state index is 11.5. The van der Waals surface area contributed by atoms with Crippen LogP contribution in [-0.2, 0) is 4.74 Å². The molecule has 1 fully saturated rings. The van der Waals surface area contributed by atoms with Gasteiger partial charge < -0.3 is 14.9 Å². The van der Waals surface area contributed by atoms with Gasteiger partial charge in [0, 0.05) is 10.8 Å². The number of rotatable bonds is 3. The van der Waals surface area contributed by atoms with Crippen LogP contribution in [0.3, 0.4) is 0 Å². The van der Waals surface area contributed by atoms with E-state index in [1.165, 1.54) is 0 Å². The lowest BCUT2D eigenvalue weighted by Crippen LogP contribution is -2.57. The first-order valence-electron chi connectivity index (χ1n) is 7.17. The molecule has 0 aromatic heterocycles. The van der Waals surface area contributed by atoms with Crippen molar-refractivity contribution in [3.05, 3.63) is 35.4 Å². The molecule has 0 amide bonds. The Bertz CT molecular complexity index is 493. The van der Waals surface area contributed by atoms with Crippen LogP contribution in [0.15, 0.2) is 24.3 Å². The monoisotopic (exact) mass is 278 g/mol. The summed E-state index contributed by atoms with van der Waals surface area (Å²) >= 11 is 0. The maximum atomic E-state index is 11.5. The predicted molar refractivity (Wildman–Crippen MR) is 79.5 cm³/mol. The maximum Gasteiger partial charge on any atom is 0.112 e. The van der Waals surface area contributed by atoms with Crippen molar-refractivity contribution in [2.75, 3.05) is 13.2 Å². The van der Waals surface area contributed by atoms with Gasteiger partial charge in [0.25, 0.3) is 0 Å². The summed E-state index contributed by atoms with van der Waals surface area (Å²) in [5, 5.41) is 21.2. The van der Waals surface area contributed by atoms with Gasteiger partial charge in [-0.25, -0.2) is 0 Å². The number of aliphatic hydroxyl groups excluding tert-OH is 1. The van der Waals surface area contributed by atoms with Gasteiger partial charge in [0.2, 0.25) is 0 Å². The first kappa shape index (κ1) is 15.5. The molecule has 20 heavy (non-hydrogen) atoms. The van der Waals surface area contributed by atoms with Crippen molar-refractivity contribution < 1.29 is 14.9 Å². The van der Waals surface area contributed by atoms with Crippen LogP contribution in [0.5, 0.6) is 0 Å². The Morgan fingerprint density at radius 3 is 2.55 bits per heavy atom. The molecule has 1 aliphatic rings. The Labute approximate surface area is 121 Å². The summed E-state index contributed by atoms with van der Waals surface area (Å²) in [5.41, 5.74) is -0.0861. The summed E-state index contributed by atoms with van der Waals surface area (Å²) in [6.07, 6.45) is -0.417. The molecular weight excluding hydrogens is 252 g/mol. The minimum Gasteiger partial charge on any atom is -0.396 e. The number of ether oxygens (including phenoxy) is 1. The summed E-state index contributed by atoms with van der Waals surface area (Å²) in [7, 11) is 0. The third kappa shape index (κ3) is 2.09. The highest BCUT2D eigenvalue weighted by Crippen LogP contribution is 2.57. The highest BCUT2D eigenvalue weighted by atomic mass is 16.5. The molecular formula is C17H26O3. The lowest BCUT2D eigenvalue weighted by atomic mass is 9.59. The van der Waals surface area contributed by atoms with E-state index in [0.29, 0.717) is 6.61 Å². The molecule has 2 unspecified atom stereocenters. The van der Waals surface area contributed by atoms with E-state index in [2.05, 4.69) is 0 Å². The zero-order valence-electron chi connectivity index (χ0n) is 13.1. The van der Waals surface area contributed by atoms with Gasteiger partial charge >= 0.3 is 0 Å². The number of hydrogen-bond acceptors (Lipinski definition) is 3. The Morgan fingerprint density at radius 2 is 2.00 bits per heavy atom. The average molecular weight is 278 g/mol. The number of benzene rings is 1. The predicted octanol–water partition coefficient (Wildman–Crippen LogP) is 2.84. The number of aryl methyl sites for hydroxylation is 1. The number of aliphatic hydroxyl groups is 2. The summed E-state index contributed by atoms with van der Waals surface area (Å²) in [4.78, 5) is 0. The quantitative estimate of drug-likeness (QED) is 0.894. The van der Waals surface area contributed by atoms with Crippen molar-refractivity contribution in [1.29, 1.82) is 0 Å². The highest BCUT2D eigenvalue weighted by Gasteiger charge is 2.63. The molecule has 1 aliphatic heterocycles. The third-order valence-corrected chi connectivity index (χ3v) is 4.79. The first-order valence-corrected chi connectivity index (χ1v) is 7.17. The SMILES string of the molecule is Cc1cccc(C2OCC(C)(C)C2(O)C(C)(C)CO)c1. The minimum absolute atomic E-state index is 0.0847. The zero-order chi connectivity index (χ0) is 15.2. The molecule has 2 rings (SSSR count). The van der Waals surface area contributed by atoms with E-state index < -0.39 is 22.5 Å². The second kappa shape index (κ2) is 4.83. The van der Waals surface area contributed by atoms with E-state index in [-0.39, 0.29) is 6.61 Å². The van der Waals surface area contributed by atoms with Crippen LogP contribution in [-0.4, -0.2) is 29.0 Å². The molecule has 3 nitrogen and oxygen atoms in total. The Balaban J connectivity index is 2.53. The van der Waals surface area contributed by atoms with E-state index in [1.54, 1.807) is 0 Å². The molecule has 0 aliphatic carbocycles. The lowest BCUT2D eigenvalue weighted by Gasteiger charge is -2.49. The molecule has 3 heteroatoms. The van der Waals surface area contributed by atoms with Crippen molar-refractivity contribution in [2.45, 2.75) is 46.3 Å². The molecule has 0 radical (unpaired) electrons. The second-order valence-electron chi connectivity index (χ2n) is 7.30. The molecule has 1 heterocycles. The van der Waals surface area contributed by atoms with Crippen molar-refractivity contribution in [3.8, 4) is 0 Å². The van der Waals surface area contributed by atoms with Gasteiger partial charge in [0.1, 0.15) is 11.7 Å². The average Bonchev–Trinajstić information content (AvgIpc) is 2.62. The Kier molecular flexibility index (Phi) is 3.74. The highest BCUT2D eigenvalue weighted by molar-refractivity contribution is 5.30. The third-order valence-electron chi connectivity index (χ3n) is 4.79. The van der Waals surface area contributed by atoms with E-state index >= 15 is 0 Å². The van der Waals surface area contributed by atoms with Crippen LogP contribution in [0.4, 0.5) is 0 Å². The van der Waals surface area contributed by atoms with Gasteiger partial charge in [-0.05, 0) is 12.5 Å². The van der Waals surface area contributed by atoms with Gasteiger partial charge in [0.15, 0.2) is 0 Å². The zero-order valence-corrected chi connectivity index (χ0v) is 13.1. The van der Waals surface area contributed by atoms with Gasteiger partial charge in [0.05, 0.1) is 13.2 Å². The van der Waals surface area contributed by atoms with Crippen LogP contribution in [0, 0.1) is 17.8 Å². The van der Waals surface area contributed by atoms with Crippen LogP contribution < -0.4 is 0 Å². The number of hydrogen-bond donors (Lipinski definition) is 2. The first-order chi connectivity index (χ1) is 9.15. The van der Waals surface area contributed by atoms with Gasteiger partial charge in [-0.1, -0.05) is 57.5 Å². The molecule has 0 saturated carbocycles. The fourth-order valence-corrected chi connectivity index (χ4v) is 3.44. The molecule has 2 N–H and O–H groups in total. The molecule has 1 saturated heterocycles. The molecule has 2 atom stereocenters. The summed E-state index contributed by atoms with van der Waals surface area (Å²) in [6, 6.07) is 8.04. The molecule has 0 bridgehead atoms. The largest absolute Gasteiger partial charge is 0.396 e. The molecule has 1 aromatic carbocycles. The van der Waals surface area contributed by atoms with E-state index in [0.717, 1.165) is 11.1 Å². The normalized spacial score (nSPS) is 29.6. The van der Waals surface area contributed by atoms with Crippen molar-refractivity contribution in [2.24, 2.45) is 10.8 Å². The van der Waals surface area contributed by atoms with Crippen molar-refractivity contribution in [1.82, 2.24) is 0 Å². The fraction of sp³-hybridized carbons (Fsp3) is 0.647. The van der Waals surface area contributed by atoms with Crippen LogP contribution in [0.2, 0.25) is 0 Å². The fourth-order valence-electron chi connectivity index (χ4n) is 3.44. The Hall–Kier alpha value is -0.900. The molecule has 112 valence electrons. The topological polar surface area (TPSA) is 49.7 Å². The van der Waals surface area contributed by atoms with Crippen LogP contribution in [0.25, 0.3) is 0 Å². The smallest absolute Gasteiger partial charge is 0.112 e. The summed E-state index contributed by atoms with van der Waals surface area (Å²) in [5.74, 6) is 0. The van der Waals surface area contributed by atoms with Crippen LogP contribution >= 0.6 is 0 Å². The standard InChI is InChI=1S/C17H26O3/c1-12-7-6-8-13(9-12)14-17(19,15(2,3)10-18)16(4,5)11-20-14/h6-9,14,18-19H,10-11H2,1-5H3. The van der Waals surface area contributed by atoms with E-state index in [4.69, 9.17) is 4.74 Å². The van der Waals surface area contributed by atoms with Gasteiger partial charge in [-0.3, -0.25) is 0 Å². The minimum atomic E-state index is -1.12. The summed E-state index contributed by atoms with van der Waals surface area (Å²) in [6.45, 7) is 10.2. The van der Waals surface area contributed by atoms with Crippen LogP contribution in [0.1, 0.15) is 44.9 Å².